The third-order valence-electron chi connectivity index (χ3n) is 4.43. The van der Waals surface area contributed by atoms with Crippen LogP contribution in [-0.4, -0.2) is 26.0 Å². The van der Waals surface area contributed by atoms with Crippen molar-refractivity contribution in [1.82, 2.24) is 4.72 Å². The van der Waals surface area contributed by atoms with Gasteiger partial charge in [0.1, 0.15) is 17.3 Å². The lowest BCUT2D eigenvalue weighted by molar-refractivity contribution is 0.0696. The number of halogens is 1. The van der Waals surface area contributed by atoms with Gasteiger partial charge in [-0.05, 0) is 73.0 Å². The largest absolute Gasteiger partial charge is 0.478 e. The molecule has 158 valence electrons. The van der Waals surface area contributed by atoms with Gasteiger partial charge in [0.25, 0.3) is 0 Å². The van der Waals surface area contributed by atoms with E-state index in [4.69, 9.17) is 9.84 Å². The van der Waals surface area contributed by atoms with Crippen molar-refractivity contribution in [3.8, 4) is 11.5 Å². The summed E-state index contributed by atoms with van der Waals surface area (Å²) in [7, 11) is -3.82. The van der Waals surface area contributed by atoms with E-state index in [-0.39, 0.29) is 24.2 Å². The number of ether oxygens (including phenoxy) is 1. The number of carboxylic acid groups (broad SMARTS) is 1. The molecule has 3 aromatic carbocycles. The Morgan fingerprint density at radius 1 is 1.03 bits per heavy atom. The molecule has 0 heterocycles. The molecule has 30 heavy (non-hydrogen) atoms. The minimum Gasteiger partial charge on any atom is -0.478 e. The highest BCUT2D eigenvalue weighted by molar-refractivity contribution is 7.89. The molecule has 0 unspecified atom stereocenters. The Hall–Kier alpha value is -3.23. The monoisotopic (exact) mass is 431 g/mol. The number of sulfonamides is 1. The molecule has 0 saturated carbocycles. The Balaban J connectivity index is 0.00000341. The third-order valence-corrected chi connectivity index (χ3v) is 5.89. The van der Waals surface area contributed by atoms with Gasteiger partial charge in [0.15, 0.2) is 0 Å². The second-order valence-corrected chi connectivity index (χ2v) is 8.40. The first-order valence-corrected chi connectivity index (χ1v) is 10.6. The van der Waals surface area contributed by atoms with Crippen LogP contribution in [0.5, 0.6) is 11.5 Å². The predicted molar refractivity (Wildman–Crippen MR) is 112 cm³/mol. The molecule has 6 nitrogen and oxygen atoms in total. The van der Waals surface area contributed by atoms with Crippen LogP contribution in [-0.2, 0) is 16.4 Å². The fourth-order valence-electron chi connectivity index (χ4n) is 2.77. The van der Waals surface area contributed by atoms with E-state index < -0.39 is 16.0 Å². The van der Waals surface area contributed by atoms with Gasteiger partial charge in [-0.1, -0.05) is 18.2 Å². The van der Waals surface area contributed by atoms with Crippen LogP contribution in [0.4, 0.5) is 4.39 Å². The van der Waals surface area contributed by atoms with Gasteiger partial charge in [0.05, 0.1) is 10.5 Å². The van der Waals surface area contributed by atoms with E-state index >= 15 is 0 Å². The number of aromatic carboxylic acids is 1. The van der Waals surface area contributed by atoms with Gasteiger partial charge in [-0.3, -0.25) is 0 Å². The van der Waals surface area contributed by atoms with Gasteiger partial charge < -0.3 is 9.84 Å². The minimum absolute atomic E-state index is 0. The van der Waals surface area contributed by atoms with Gasteiger partial charge in [0.2, 0.25) is 10.0 Å². The van der Waals surface area contributed by atoms with Crippen LogP contribution in [0, 0.1) is 12.7 Å². The summed E-state index contributed by atoms with van der Waals surface area (Å²) in [5.41, 5.74) is 1.33. The zero-order valence-electron chi connectivity index (χ0n) is 16.1. The lowest BCUT2D eigenvalue weighted by atomic mass is 10.1. The molecule has 0 aliphatic carbocycles. The second kappa shape index (κ2) is 9.06. The van der Waals surface area contributed by atoms with Gasteiger partial charge in [-0.15, -0.1) is 0 Å². The van der Waals surface area contributed by atoms with Crippen LogP contribution in [0.25, 0.3) is 0 Å². The summed E-state index contributed by atoms with van der Waals surface area (Å²) < 4.78 is 45.9. The molecule has 0 aliphatic rings. The molecule has 3 aromatic rings. The smallest absolute Gasteiger partial charge is 0.335 e. The fourth-order valence-corrected chi connectivity index (χ4v) is 3.83. The summed E-state index contributed by atoms with van der Waals surface area (Å²) in [6.07, 6.45) is 0.438. The summed E-state index contributed by atoms with van der Waals surface area (Å²) in [6.45, 7) is 1.76. The molecule has 0 saturated heterocycles. The SMILES string of the molecule is Cc1ccc(S(=O)(=O)NCCc2ccc(Oc3ccc(F)cc3)cc2)cc1C(=O)O.[HH]. The summed E-state index contributed by atoms with van der Waals surface area (Å²) in [6, 6.07) is 16.8. The average Bonchev–Trinajstić information content (AvgIpc) is 2.71. The molecule has 2 N–H and O–H groups in total. The number of rotatable bonds is 8. The topological polar surface area (TPSA) is 92.7 Å². The molecule has 3 rings (SSSR count). The number of nitrogens with one attached hydrogen (secondary N) is 1. The predicted octanol–water partition coefficient (Wildman–Crippen LogP) is 4.39. The van der Waals surface area contributed by atoms with E-state index in [2.05, 4.69) is 4.72 Å². The molecule has 0 aliphatic heterocycles. The van der Waals surface area contributed by atoms with E-state index in [1.165, 1.54) is 36.4 Å². The third kappa shape index (κ3) is 5.43. The molecule has 0 radical (unpaired) electrons. The maximum Gasteiger partial charge on any atom is 0.335 e. The number of hydrogen-bond acceptors (Lipinski definition) is 4. The maximum absolute atomic E-state index is 12.9. The van der Waals surface area contributed by atoms with Crippen molar-refractivity contribution in [2.75, 3.05) is 6.54 Å². The molecule has 0 fully saturated rings. The second-order valence-electron chi connectivity index (χ2n) is 6.63. The summed E-state index contributed by atoms with van der Waals surface area (Å²) in [5, 5.41) is 9.17. The van der Waals surface area contributed by atoms with E-state index in [9.17, 15) is 17.6 Å². The fraction of sp³-hybridized carbons (Fsp3) is 0.136. The Morgan fingerprint density at radius 3 is 2.23 bits per heavy atom. The number of hydrogen-bond donors (Lipinski definition) is 2. The average molecular weight is 431 g/mol. The van der Waals surface area contributed by atoms with Crippen LogP contribution in [0.2, 0.25) is 0 Å². The maximum atomic E-state index is 12.9. The summed E-state index contributed by atoms with van der Waals surface area (Å²) in [5.74, 6) is -0.431. The van der Waals surface area contributed by atoms with Crippen molar-refractivity contribution < 1.29 is 28.9 Å². The lowest BCUT2D eigenvalue weighted by Gasteiger charge is -2.10. The van der Waals surface area contributed by atoms with Crippen LogP contribution >= 0.6 is 0 Å². The highest BCUT2D eigenvalue weighted by Crippen LogP contribution is 2.22. The number of benzene rings is 3. The molecule has 0 amide bonds. The van der Waals surface area contributed by atoms with Crippen molar-refractivity contribution in [2.45, 2.75) is 18.2 Å². The number of carboxylic acids is 1. The molecule has 8 heteroatoms. The Bertz CT molecular complexity index is 1150. The number of aryl methyl sites for hydroxylation is 1. The highest BCUT2D eigenvalue weighted by atomic mass is 32.2. The van der Waals surface area contributed by atoms with Crippen LogP contribution in [0.15, 0.2) is 71.6 Å². The quantitative estimate of drug-likeness (QED) is 0.552. The van der Waals surface area contributed by atoms with Crippen LogP contribution in [0.1, 0.15) is 22.9 Å². The standard InChI is InChI=1S/C22H20FNO5S.H2/c1-15-2-11-20(14-21(15)22(25)26)30(27,28)24-13-12-16-3-7-18(8-4-16)29-19-9-5-17(23)6-10-19;/h2-11,14,24H,12-13H2,1H3,(H,25,26);1H. The van der Waals surface area contributed by atoms with E-state index in [0.29, 0.717) is 23.5 Å². The van der Waals surface area contributed by atoms with Crippen molar-refractivity contribution in [1.29, 1.82) is 0 Å². The zero-order valence-corrected chi connectivity index (χ0v) is 16.9. The van der Waals surface area contributed by atoms with Gasteiger partial charge in [-0.25, -0.2) is 22.3 Å². The molecule has 0 atom stereocenters. The van der Waals surface area contributed by atoms with Crippen LogP contribution < -0.4 is 9.46 Å². The molecular formula is C22H22FNO5S. The Kier molecular flexibility index (Phi) is 6.49. The Morgan fingerprint density at radius 2 is 1.63 bits per heavy atom. The first-order chi connectivity index (χ1) is 14.2. The number of carbonyl (C=O) groups is 1. The van der Waals surface area contributed by atoms with Crippen molar-refractivity contribution in [3.05, 3.63) is 89.2 Å². The minimum atomic E-state index is -3.82. The lowest BCUT2D eigenvalue weighted by Crippen LogP contribution is -2.26. The molecule has 0 spiro atoms. The molecule has 0 aromatic heterocycles. The Labute approximate surface area is 175 Å². The van der Waals surface area contributed by atoms with Crippen molar-refractivity contribution >= 4 is 16.0 Å². The molecular weight excluding hydrogens is 409 g/mol. The molecule has 0 bridgehead atoms. The van der Waals surface area contributed by atoms with Gasteiger partial charge >= 0.3 is 5.97 Å². The normalized spacial score (nSPS) is 11.3. The first-order valence-electron chi connectivity index (χ1n) is 9.10. The van der Waals surface area contributed by atoms with E-state index in [1.54, 1.807) is 19.1 Å². The zero-order chi connectivity index (χ0) is 21.7. The highest BCUT2D eigenvalue weighted by Gasteiger charge is 2.17. The first kappa shape index (κ1) is 21.5. The van der Waals surface area contributed by atoms with Crippen molar-refractivity contribution in [3.63, 3.8) is 0 Å². The van der Waals surface area contributed by atoms with Gasteiger partial charge in [-0.2, -0.15) is 0 Å². The summed E-state index contributed by atoms with van der Waals surface area (Å²) >= 11 is 0. The van der Waals surface area contributed by atoms with E-state index in [1.807, 2.05) is 12.1 Å². The van der Waals surface area contributed by atoms with E-state index in [0.717, 1.165) is 11.6 Å². The van der Waals surface area contributed by atoms with Gasteiger partial charge in [0, 0.05) is 7.97 Å². The van der Waals surface area contributed by atoms with Crippen LogP contribution in [0.3, 0.4) is 0 Å². The van der Waals surface area contributed by atoms with Crippen molar-refractivity contribution in [2.24, 2.45) is 0 Å². The summed E-state index contributed by atoms with van der Waals surface area (Å²) in [4.78, 5) is 11.1.